The van der Waals surface area contributed by atoms with E-state index in [0.29, 0.717) is 36.1 Å². The summed E-state index contributed by atoms with van der Waals surface area (Å²) in [6.07, 6.45) is 5.34. The average Bonchev–Trinajstić information content (AvgIpc) is 3.29. The highest BCUT2D eigenvalue weighted by Crippen LogP contribution is 2.37. The summed E-state index contributed by atoms with van der Waals surface area (Å²) in [4.78, 5) is 16.4. The van der Waals surface area contributed by atoms with Gasteiger partial charge in [-0.1, -0.05) is 53.7 Å². The molecule has 5 rings (SSSR count). The monoisotopic (exact) mass is 482 g/mol. The number of aromatic nitrogens is 3. The second kappa shape index (κ2) is 9.56. The van der Waals surface area contributed by atoms with E-state index in [9.17, 15) is 18.0 Å². The normalized spacial score (nSPS) is 20.5. The van der Waals surface area contributed by atoms with Crippen LogP contribution in [0.4, 0.5) is 18.0 Å². The minimum absolute atomic E-state index is 0.116. The standard InChI is InChI=1S/C26H25F3N4O2/c27-26(28,29)35-23-13-10-20(11-14-23)24-16-30-33(31-24)25(34)32-17-21(19-7-4-8-19)9-12-22(32)15-18-5-2-1-3-6-18/h1-3,5-6,9-14,16,19,21-22H,4,7-8,15,17H2/t21?,22-/m1/s1. The maximum absolute atomic E-state index is 13.5. The van der Waals surface area contributed by atoms with Crippen molar-refractivity contribution in [2.24, 2.45) is 11.8 Å². The number of rotatable bonds is 5. The van der Waals surface area contributed by atoms with E-state index in [1.807, 2.05) is 35.2 Å². The summed E-state index contributed by atoms with van der Waals surface area (Å²) >= 11 is 0. The van der Waals surface area contributed by atoms with Gasteiger partial charge in [-0.05, 0) is 60.9 Å². The fraction of sp³-hybridized carbons (Fsp3) is 0.346. The third kappa shape index (κ3) is 5.39. The zero-order chi connectivity index (χ0) is 24.4. The Kier molecular flexibility index (Phi) is 6.32. The molecule has 1 aromatic heterocycles. The first-order chi connectivity index (χ1) is 16.9. The number of amides is 1. The quantitative estimate of drug-likeness (QED) is 0.437. The van der Waals surface area contributed by atoms with Gasteiger partial charge in [0.05, 0.1) is 12.2 Å². The SMILES string of the molecule is O=C(N1CC(C2CCC2)C=C[C@@H]1Cc1ccccc1)n1ncc(-c2ccc(OC(F)(F)F)cc2)n1. The molecule has 1 fully saturated rings. The predicted octanol–water partition coefficient (Wildman–Crippen LogP) is 5.71. The average molecular weight is 483 g/mol. The van der Waals surface area contributed by atoms with E-state index >= 15 is 0 Å². The lowest BCUT2D eigenvalue weighted by Crippen LogP contribution is -2.49. The number of alkyl halides is 3. The first-order valence-electron chi connectivity index (χ1n) is 11.7. The minimum atomic E-state index is -4.76. The Morgan fingerprint density at radius 1 is 1.03 bits per heavy atom. The van der Waals surface area contributed by atoms with Gasteiger partial charge in [-0.2, -0.15) is 5.10 Å². The van der Waals surface area contributed by atoms with E-state index in [1.165, 1.54) is 49.7 Å². The van der Waals surface area contributed by atoms with Gasteiger partial charge in [-0.15, -0.1) is 18.3 Å². The lowest BCUT2D eigenvalue weighted by atomic mass is 9.74. The van der Waals surface area contributed by atoms with Crippen LogP contribution in [0.5, 0.6) is 5.75 Å². The van der Waals surface area contributed by atoms with Crippen molar-refractivity contribution in [3.63, 3.8) is 0 Å². The molecule has 2 heterocycles. The van der Waals surface area contributed by atoms with Crippen molar-refractivity contribution >= 4 is 6.03 Å². The molecule has 1 aliphatic heterocycles. The van der Waals surface area contributed by atoms with E-state index in [2.05, 4.69) is 27.1 Å². The summed E-state index contributed by atoms with van der Waals surface area (Å²) in [6.45, 7) is 0.609. The van der Waals surface area contributed by atoms with Crippen molar-refractivity contribution in [2.45, 2.75) is 38.1 Å². The lowest BCUT2D eigenvalue weighted by molar-refractivity contribution is -0.274. The second-order valence-electron chi connectivity index (χ2n) is 9.02. The van der Waals surface area contributed by atoms with Crippen LogP contribution in [0, 0.1) is 11.8 Å². The summed E-state index contributed by atoms with van der Waals surface area (Å²) in [5.41, 5.74) is 2.06. The van der Waals surface area contributed by atoms with Gasteiger partial charge in [0.15, 0.2) is 0 Å². The number of halogens is 3. The Hall–Kier alpha value is -3.62. The maximum Gasteiger partial charge on any atom is 0.573 e. The number of carbonyl (C=O) groups is 1. The lowest BCUT2D eigenvalue weighted by Gasteiger charge is -2.41. The van der Waals surface area contributed by atoms with Gasteiger partial charge in [0.2, 0.25) is 0 Å². The molecular weight excluding hydrogens is 457 g/mol. The molecule has 0 radical (unpaired) electrons. The van der Waals surface area contributed by atoms with Crippen LogP contribution in [0.3, 0.4) is 0 Å². The number of nitrogens with zero attached hydrogens (tertiary/aromatic N) is 4. The number of benzene rings is 2. The Bertz CT molecular complexity index is 1190. The van der Waals surface area contributed by atoms with Crippen LogP contribution in [0.25, 0.3) is 11.3 Å². The molecule has 1 unspecified atom stereocenters. The smallest absolute Gasteiger partial charge is 0.406 e. The zero-order valence-corrected chi connectivity index (χ0v) is 18.9. The largest absolute Gasteiger partial charge is 0.573 e. The molecule has 2 aliphatic rings. The fourth-order valence-electron chi connectivity index (χ4n) is 4.66. The van der Waals surface area contributed by atoms with Crippen LogP contribution in [0.2, 0.25) is 0 Å². The maximum atomic E-state index is 13.5. The molecule has 0 spiro atoms. The molecule has 1 saturated carbocycles. The molecule has 0 saturated heterocycles. The fourth-order valence-corrected chi connectivity index (χ4v) is 4.66. The minimum Gasteiger partial charge on any atom is -0.406 e. The van der Waals surface area contributed by atoms with Crippen LogP contribution >= 0.6 is 0 Å². The van der Waals surface area contributed by atoms with Crippen LogP contribution in [0.15, 0.2) is 72.9 Å². The first kappa shape index (κ1) is 23.1. The first-order valence-corrected chi connectivity index (χ1v) is 11.7. The van der Waals surface area contributed by atoms with Gasteiger partial charge in [0, 0.05) is 12.1 Å². The molecule has 2 atom stereocenters. The highest BCUT2D eigenvalue weighted by atomic mass is 19.4. The van der Waals surface area contributed by atoms with E-state index < -0.39 is 6.36 Å². The van der Waals surface area contributed by atoms with Gasteiger partial charge in [-0.25, -0.2) is 4.79 Å². The number of ether oxygens (including phenoxy) is 1. The molecule has 0 N–H and O–H groups in total. The van der Waals surface area contributed by atoms with Crippen LogP contribution < -0.4 is 4.74 Å². The third-order valence-corrected chi connectivity index (χ3v) is 6.72. The number of carbonyl (C=O) groups excluding carboxylic acids is 1. The summed E-state index contributed by atoms with van der Waals surface area (Å²) in [7, 11) is 0. The molecular formula is C26H25F3N4O2. The van der Waals surface area contributed by atoms with E-state index in [1.54, 1.807) is 0 Å². The molecule has 182 valence electrons. The van der Waals surface area contributed by atoms with Gasteiger partial charge in [0.25, 0.3) is 0 Å². The van der Waals surface area contributed by atoms with Gasteiger partial charge >= 0.3 is 12.4 Å². The van der Waals surface area contributed by atoms with Gasteiger partial charge in [0.1, 0.15) is 11.4 Å². The molecule has 2 aromatic carbocycles. The molecule has 6 nitrogen and oxygen atoms in total. The van der Waals surface area contributed by atoms with Crippen LogP contribution in [-0.4, -0.2) is 44.9 Å². The topological polar surface area (TPSA) is 60.2 Å². The molecule has 3 aromatic rings. The van der Waals surface area contributed by atoms with Gasteiger partial charge < -0.3 is 9.64 Å². The van der Waals surface area contributed by atoms with E-state index in [4.69, 9.17) is 0 Å². The Labute approximate surface area is 201 Å². The molecule has 9 heteroatoms. The molecule has 0 bridgehead atoms. The second-order valence-corrected chi connectivity index (χ2v) is 9.02. The third-order valence-electron chi connectivity index (χ3n) is 6.72. The number of hydrogen-bond donors (Lipinski definition) is 0. The van der Waals surface area contributed by atoms with E-state index in [-0.39, 0.29) is 17.8 Å². The highest BCUT2D eigenvalue weighted by molar-refractivity contribution is 5.76. The Morgan fingerprint density at radius 2 is 1.77 bits per heavy atom. The van der Waals surface area contributed by atoms with Crippen LogP contribution in [0.1, 0.15) is 24.8 Å². The summed E-state index contributed by atoms with van der Waals surface area (Å²) < 4.78 is 41.1. The summed E-state index contributed by atoms with van der Waals surface area (Å²) in [5, 5.41) is 8.51. The number of hydrogen-bond acceptors (Lipinski definition) is 4. The van der Waals surface area contributed by atoms with Gasteiger partial charge in [-0.3, -0.25) is 0 Å². The van der Waals surface area contributed by atoms with E-state index in [0.717, 1.165) is 10.4 Å². The van der Waals surface area contributed by atoms with Crippen LogP contribution in [-0.2, 0) is 6.42 Å². The Morgan fingerprint density at radius 3 is 2.43 bits per heavy atom. The van der Waals surface area contributed by atoms with Crippen molar-refractivity contribution in [1.82, 2.24) is 19.9 Å². The molecule has 1 aliphatic carbocycles. The van der Waals surface area contributed by atoms with Crippen molar-refractivity contribution in [2.75, 3.05) is 6.54 Å². The highest BCUT2D eigenvalue weighted by Gasteiger charge is 2.35. The summed E-state index contributed by atoms with van der Waals surface area (Å²) in [6, 6.07) is 14.9. The van der Waals surface area contributed by atoms with Crippen molar-refractivity contribution < 1.29 is 22.7 Å². The predicted molar refractivity (Wildman–Crippen MR) is 124 cm³/mol. The molecule has 35 heavy (non-hydrogen) atoms. The van der Waals surface area contributed by atoms with Crippen molar-refractivity contribution in [1.29, 1.82) is 0 Å². The zero-order valence-electron chi connectivity index (χ0n) is 18.9. The molecule has 1 amide bonds. The summed E-state index contributed by atoms with van der Waals surface area (Å²) in [5.74, 6) is 0.587. The van der Waals surface area contributed by atoms with Crippen molar-refractivity contribution in [3.8, 4) is 17.0 Å². The Balaban J connectivity index is 1.35. The van der Waals surface area contributed by atoms with Crippen molar-refractivity contribution in [3.05, 3.63) is 78.5 Å².